The summed E-state index contributed by atoms with van der Waals surface area (Å²) in [6.45, 7) is 7.23. The molecule has 4 aliphatic carbocycles. The molecule has 28 heavy (non-hydrogen) atoms. The van der Waals surface area contributed by atoms with E-state index in [0.717, 1.165) is 38.0 Å². The Labute approximate surface area is 169 Å². The number of esters is 1. The van der Waals surface area contributed by atoms with Crippen molar-refractivity contribution in [3.8, 4) is 0 Å². The molecule has 7 atom stereocenters. The minimum Gasteiger partial charge on any atom is -0.458 e. The molecule has 0 bridgehead atoms. The third kappa shape index (κ3) is 2.34. The Bertz CT molecular complexity index is 738. The van der Waals surface area contributed by atoms with Gasteiger partial charge in [-0.25, -0.2) is 0 Å². The number of fused-ring (bicyclic) bond motifs is 6. The number of hydrogen-bond donors (Lipinski definition) is 0. The molecular weight excluding hydrogens is 348 g/mol. The molecule has 1 aliphatic heterocycles. The minimum absolute atomic E-state index is 0.0284. The Morgan fingerprint density at radius 3 is 2.54 bits per heavy atom. The van der Waals surface area contributed by atoms with E-state index in [1.54, 1.807) is 0 Å². The monoisotopic (exact) mass is 384 g/mol. The molecular formula is C25H36O3. The molecule has 154 valence electrons. The van der Waals surface area contributed by atoms with E-state index in [1.807, 2.05) is 6.08 Å². The van der Waals surface area contributed by atoms with Gasteiger partial charge >= 0.3 is 5.97 Å². The molecule has 0 N–H and O–H groups in total. The quantitative estimate of drug-likeness (QED) is 0.580. The molecule has 3 saturated carbocycles. The fraction of sp³-hybridized carbons (Fsp3) is 0.840. The van der Waals surface area contributed by atoms with Gasteiger partial charge in [0.25, 0.3) is 0 Å². The van der Waals surface area contributed by atoms with E-state index in [-0.39, 0.29) is 22.4 Å². The van der Waals surface area contributed by atoms with Crippen LogP contribution < -0.4 is 0 Å². The lowest BCUT2D eigenvalue weighted by Gasteiger charge is -2.61. The summed E-state index contributed by atoms with van der Waals surface area (Å²) in [5, 5.41) is 0. The van der Waals surface area contributed by atoms with Crippen LogP contribution in [0.15, 0.2) is 11.6 Å². The number of ketones is 1. The first kappa shape index (κ1) is 18.9. The average molecular weight is 385 g/mol. The highest BCUT2D eigenvalue weighted by molar-refractivity contribution is 5.91. The van der Waals surface area contributed by atoms with Gasteiger partial charge in [0.2, 0.25) is 0 Å². The summed E-state index contributed by atoms with van der Waals surface area (Å²) in [4.78, 5) is 24.3. The summed E-state index contributed by atoms with van der Waals surface area (Å²) in [6.07, 6.45) is 13.7. The molecule has 4 fully saturated rings. The molecule has 0 aromatic rings. The Morgan fingerprint density at radius 2 is 1.82 bits per heavy atom. The normalized spacial score (nSPS) is 50.0. The molecule has 3 heteroatoms. The first-order valence-electron chi connectivity index (χ1n) is 11.8. The third-order valence-corrected chi connectivity index (χ3v) is 10.1. The molecule has 1 heterocycles. The van der Waals surface area contributed by atoms with Gasteiger partial charge in [-0.1, -0.05) is 39.2 Å². The minimum atomic E-state index is -0.184. The van der Waals surface area contributed by atoms with Gasteiger partial charge in [0.05, 0.1) is 0 Å². The van der Waals surface area contributed by atoms with Crippen molar-refractivity contribution in [1.29, 1.82) is 0 Å². The van der Waals surface area contributed by atoms with Crippen molar-refractivity contribution in [3.63, 3.8) is 0 Å². The molecule has 0 radical (unpaired) electrons. The van der Waals surface area contributed by atoms with E-state index in [1.165, 1.54) is 37.7 Å². The summed E-state index contributed by atoms with van der Waals surface area (Å²) in [5.74, 6) is 3.16. The van der Waals surface area contributed by atoms with Crippen LogP contribution in [0.3, 0.4) is 0 Å². The van der Waals surface area contributed by atoms with Crippen molar-refractivity contribution in [2.45, 2.75) is 97.0 Å². The zero-order chi connectivity index (χ0) is 19.7. The van der Waals surface area contributed by atoms with Crippen molar-refractivity contribution >= 4 is 11.8 Å². The Kier molecular flexibility index (Phi) is 4.17. The second-order valence-electron chi connectivity index (χ2n) is 11.1. The summed E-state index contributed by atoms with van der Waals surface area (Å²) >= 11 is 0. The predicted molar refractivity (Wildman–Crippen MR) is 109 cm³/mol. The summed E-state index contributed by atoms with van der Waals surface area (Å²) in [6, 6.07) is 0. The van der Waals surface area contributed by atoms with Crippen LogP contribution in [0.4, 0.5) is 0 Å². The van der Waals surface area contributed by atoms with Crippen LogP contribution in [0, 0.1) is 34.5 Å². The topological polar surface area (TPSA) is 43.4 Å². The Morgan fingerprint density at radius 1 is 1.04 bits per heavy atom. The van der Waals surface area contributed by atoms with Crippen LogP contribution in [0.1, 0.15) is 91.4 Å². The second kappa shape index (κ2) is 6.19. The highest BCUT2D eigenvalue weighted by atomic mass is 16.6. The zero-order valence-corrected chi connectivity index (χ0v) is 17.9. The largest absolute Gasteiger partial charge is 0.458 e. The van der Waals surface area contributed by atoms with Crippen LogP contribution in [-0.4, -0.2) is 17.4 Å². The zero-order valence-electron chi connectivity index (χ0n) is 17.9. The highest BCUT2D eigenvalue weighted by Crippen LogP contribution is 2.71. The molecule has 4 unspecified atom stereocenters. The van der Waals surface area contributed by atoms with Crippen LogP contribution in [0.5, 0.6) is 0 Å². The van der Waals surface area contributed by atoms with Crippen LogP contribution >= 0.6 is 0 Å². The summed E-state index contributed by atoms with van der Waals surface area (Å²) < 4.78 is 6.11. The van der Waals surface area contributed by atoms with Crippen molar-refractivity contribution in [3.05, 3.63) is 11.6 Å². The number of hydrogen-bond acceptors (Lipinski definition) is 3. The predicted octanol–water partition coefficient (Wildman–Crippen LogP) is 5.62. The highest BCUT2D eigenvalue weighted by Gasteiger charge is 2.68. The fourth-order valence-corrected chi connectivity index (χ4v) is 8.67. The number of allylic oxidation sites excluding steroid dienone is 1. The van der Waals surface area contributed by atoms with Gasteiger partial charge in [-0.05, 0) is 80.1 Å². The van der Waals surface area contributed by atoms with E-state index in [0.29, 0.717) is 30.0 Å². The van der Waals surface area contributed by atoms with Gasteiger partial charge in [0, 0.05) is 18.3 Å². The van der Waals surface area contributed by atoms with Crippen LogP contribution in [0.25, 0.3) is 0 Å². The standard InChI is InChI=1S/C25H36O3/c1-4-5-16-14-17-15-18(26)6-10-23(17,2)19-7-11-24(3)20(22(16)19)8-12-25(24)13-9-21(27)28-25/h15-16,19-20,22H,4-14H2,1-3H3/t16?,19?,20?,22?,23-,24-,25+/m0/s1. The van der Waals surface area contributed by atoms with Gasteiger partial charge in [0.15, 0.2) is 5.78 Å². The molecule has 5 rings (SSSR count). The smallest absolute Gasteiger partial charge is 0.306 e. The maximum Gasteiger partial charge on any atom is 0.306 e. The summed E-state index contributed by atoms with van der Waals surface area (Å²) in [5.41, 5.74) is 1.64. The lowest BCUT2D eigenvalue weighted by atomic mass is 9.43. The lowest BCUT2D eigenvalue weighted by Crippen LogP contribution is -2.57. The van der Waals surface area contributed by atoms with E-state index in [4.69, 9.17) is 4.74 Å². The van der Waals surface area contributed by atoms with Crippen LogP contribution in [-0.2, 0) is 14.3 Å². The number of ether oxygens (including phenoxy) is 1. The Balaban J connectivity index is 1.54. The van der Waals surface area contributed by atoms with Crippen molar-refractivity contribution < 1.29 is 14.3 Å². The SMILES string of the molecule is CCCC1CC2=CC(=O)CC[C@]2(C)C2CC[C@@]3(C)C(CC[C@@]34CCC(=O)O4)C12. The van der Waals surface area contributed by atoms with Gasteiger partial charge in [-0.2, -0.15) is 0 Å². The van der Waals surface area contributed by atoms with Crippen LogP contribution in [0.2, 0.25) is 0 Å². The molecule has 3 nitrogen and oxygen atoms in total. The maximum absolute atomic E-state index is 12.2. The molecule has 0 amide bonds. The van der Waals surface area contributed by atoms with Crippen molar-refractivity contribution in [2.24, 2.45) is 34.5 Å². The number of carbonyl (C=O) groups excluding carboxylic acids is 2. The van der Waals surface area contributed by atoms with E-state index >= 15 is 0 Å². The molecule has 1 spiro atoms. The van der Waals surface area contributed by atoms with E-state index < -0.39 is 0 Å². The molecule has 0 aromatic heterocycles. The molecule has 0 aromatic carbocycles. The number of rotatable bonds is 2. The summed E-state index contributed by atoms with van der Waals surface area (Å²) in [7, 11) is 0. The first-order chi connectivity index (χ1) is 13.3. The third-order valence-electron chi connectivity index (χ3n) is 10.1. The average Bonchev–Trinajstić information content (AvgIpc) is 3.18. The van der Waals surface area contributed by atoms with Gasteiger partial charge < -0.3 is 4.74 Å². The van der Waals surface area contributed by atoms with Gasteiger partial charge in [-0.3, -0.25) is 9.59 Å². The lowest BCUT2D eigenvalue weighted by molar-refractivity contribution is -0.171. The molecule has 5 aliphatic rings. The maximum atomic E-state index is 12.2. The van der Waals surface area contributed by atoms with Gasteiger partial charge in [0.1, 0.15) is 5.60 Å². The van der Waals surface area contributed by atoms with E-state index in [2.05, 4.69) is 20.8 Å². The van der Waals surface area contributed by atoms with E-state index in [9.17, 15) is 9.59 Å². The second-order valence-corrected chi connectivity index (χ2v) is 11.1. The Hall–Kier alpha value is -1.12. The van der Waals surface area contributed by atoms with Gasteiger partial charge in [-0.15, -0.1) is 0 Å². The number of carbonyl (C=O) groups is 2. The van der Waals surface area contributed by atoms with Crippen molar-refractivity contribution in [2.75, 3.05) is 0 Å². The first-order valence-corrected chi connectivity index (χ1v) is 11.8. The molecule has 1 saturated heterocycles. The van der Waals surface area contributed by atoms with Crippen molar-refractivity contribution in [1.82, 2.24) is 0 Å². The fourth-order valence-electron chi connectivity index (χ4n) is 8.67.